The molecule has 1 aliphatic heterocycles. The van der Waals surface area contributed by atoms with Crippen LogP contribution < -0.4 is 0 Å². The van der Waals surface area contributed by atoms with Crippen molar-refractivity contribution in [3.8, 4) is 0 Å². The van der Waals surface area contributed by atoms with E-state index in [1.54, 1.807) is 38.1 Å². The van der Waals surface area contributed by atoms with Crippen LogP contribution in [-0.2, 0) is 9.47 Å². The number of thiocarbonyl (C=S) groups is 1. The third-order valence-electron chi connectivity index (χ3n) is 4.49. The van der Waals surface area contributed by atoms with Crippen LogP contribution in [0.3, 0.4) is 0 Å². The van der Waals surface area contributed by atoms with Gasteiger partial charge in [-0.15, -0.1) is 0 Å². The molecule has 0 radical (unpaired) electrons. The van der Waals surface area contributed by atoms with Crippen molar-refractivity contribution in [2.75, 3.05) is 6.54 Å². The number of hydrogen-bond donors (Lipinski definition) is 0. The van der Waals surface area contributed by atoms with Gasteiger partial charge >= 0.3 is 6.09 Å². The molecule has 1 aromatic heterocycles. The van der Waals surface area contributed by atoms with E-state index in [2.05, 4.69) is 4.98 Å². The molecule has 1 unspecified atom stereocenters. The molecule has 2 aromatic rings. The minimum atomic E-state index is -0.994. The Hall–Kier alpha value is -2.55. The number of hydrogen-bond acceptors (Lipinski definition) is 5. The SMILES string of the molecule is CC(C)(C)OC(=O)N1CCC[C@H]1C(OC(=S)n1ccnc1)c1ccc(F)c(F)c1. The molecule has 1 fully saturated rings. The van der Waals surface area contributed by atoms with E-state index in [4.69, 9.17) is 21.7 Å². The van der Waals surface area contributed by atoms with E-state index in [0.717, 1.165) is 18.6 Å². The van der Waals surface area contributed by atoms with Crippen LogP contribution in [0.15, 0.2) is 36.9 Å². The van der Waals surface area contributed by atoms with Gasteiger partial charge in [-0.2, -0.15) is 0 Å². The molecule has 1 amide bonds. The molecule has 2 heterocycles. The van der Waals surface area contributed by atoms with Gasteiger partial charge in [-0.3, -0.25) is 4.57 Å². The third-order valence-corrected chi connectivity index (χ3v) is 4.80. The Morgan fingerprint density at radius 3 is 2.69 bits per heavy atom. The van der Waals surface area contributed by atoms with Crippen molar-refractivity contribution in [2.45, 2.75) is 51.4 Å². The zero-order valence-electron chi connectivity index (χ0n) is 16.5. The van der Waals surface area contributed by atoms with Crippen LogP contribution >= 0.6 is 12.2 Å². The van der Waals surface area contributed by atoms with Crippen LogP contribution in [0.4, 0.5) is 13.6 Å². The maximum absolute atomic E-state index is 13.9. The zero-order chi connectivity index (χ0) is 21.2. The lowest BCUT2D eigenvalue weighted by Crippen LogP contribution is -2.43. The normalized spacial score (nSPS) is 17.8. The molecule has 2 atom stereocenters. The highest BCUT2D eigenvalue weighted by Crippen LogP contribution is 2.34. The third kappa shape index (κ3) is 5.09. The molecule has 1 saturated heterocycles. The first-order valence-corrected chi connectivity index (χ1v) is 9.70. The summed E-state index contributed by atoms with van der Waals surface area (Å²) in [5.41, 5.74) is -0.277. The molecule has 0 N–H and O–H groups in total. The Balaban J connectivity index is 1.91. The van der Waals surface area contributed by atoms with Crippen molar-refractivity contribution in [2.24, 2.45) is 0 Å². The van der Waals surface area contributed by atoms with Crippen LogP contribution in [0.25, 0.3) is 0 Å². The Morgan fingerprint density at radius 2 is 2.07 bits per heavy atom. The van der Waals surface area contributed by atoms with Crippen LogP contribution in [0.1, 0.15) is 45.3 Å². The molecule has 156 valence electrons. The first-order valence-electron chi connectivity index (χ1n) is 9.29. The fourth-order valence-corrected chi connectivity index (χ4v) is 3.46. The summed E-state index contributed by atoms with van der Waals surface area (Å²) in [4.78, 5) is 18.2. The van der Waals surface area contributed by atoms with Crippen molar-refractivity contribution < 1.29 is 23.0 Å². The molecule has 1 aromatic carbocycles. The minimum Gasteiger partial charge on any atom is -0.460 e. The second kappa shape index (κ2) is 8.44. The lowest BCUT2D eigenvalue weighted by atomic mass is 10.00. The van der Waals surface area contributed by atoms with E-state index < -0.39 is 35.5 Å². The number of carbonyl (C=O) groups excluding carboxylic acids is 1. The molecular formula is C20H23F2N3O3S. The van der Waals surface area contributed by atoms with Gasteiger partial charge in [-0.25, -0.2) is 18.6 Å². The topological polar surface area (TPSA) is 56.6 Å². The van der Waals surface area contributed by atoms with Gasteiger partial charge in [-0.05, 0) is 63.5 Å². The second-order valence-electron chi connectivity index (χ2n) is 7.83. The number of amides is 1. The average Bonchev–Trinajstić information content (AvgIpc) is 3.32. The Morgan fingerprint density at radius 1 is 1.31 bits per heavy atom. The Labute approximate surface area is 173 Å². The first-order chi connectivity index (χ1) is 13.7. The van der Waals surface area contributed by atoms with Crippen molar-refractivity contribution in [3.05, 3.63) is 54.1 Å². The zero-order valence-corrected chi connectivity index (χ0v) is 17.3. The first kappa shape index (κ1) is 21.2. The summed E-state index contributed by atoms with van der Waals surface area (Å²) < 4.78 is 40.4. The largest absolute Gasteiger partial charge is 0.460 e. The summed E-state index contributed by atoms with van der Waals surface area (Å²) in [5.74, 6) is -1.95. The van der Waals surface area contributed by atoms with Crippen LogP contribution in [0.5, 0.6) is 0 Å². The van der Waals surface area contributed by atoms with E-state index in [9.17, 15) is 13.6 Å². The molecule has 6 nitrogen and oxygen atoms in total. The fraction of sp³-hybridized carbons (Fsp3) is 0.450. The molecule has 0 aliphatic carbocycles. The van der Waals surface area contributed by atoms with E-state index >= 15 is 0 Å². The maximum atomic E-state index is 13.9. The van der Waals surface area contributed by atoms with Gasteiger partial charge in [0.05, 0.1) is 6.04 Å². The Kier molecular flexibility index (Phi) is 6.16. The van der Waals surface area contributed by atoms with E-state index in [1.165, 1.54) is 17.0 Å². The molecule has 0 bridgehead atoms. The van der Waals surface area contributed by atoms with Gasteiger partial charge in [0.15, 0.2) is 11.6 Å². The summed E-state index contributed by atoms with van der Waals surface area (Å²) in [7, 11) is 0. The minimum absolute atomic E-state index is 0.0910. The number of ether oxygens (including phenoxy) is 2. The summed E-state index contributed by atoms with van der Waals surface area (Å²) >= 11 is 5.33. The summed E-state index contributed by atoms with van der Waals surface area (Å²) in [5, 5.41) is 0.0910. The van der Waals surface area contributed by atoms with Gasteiger partial charge in [0.2, 0.25) is 0 Å². The summed E-state index contributed by atoms with van der Waals surface area (Å²) in [6.45, 7) is 5.83. The molecule has 29 heavy (non-hydrogen) atoms. The van der Waals surface area contributed by atoms with Crippen LogP contribution in [0, 0.1) is 11.6 Å². The molecular weight excluding hydrogens is 400 g/mol. The van der Waals surface area contributed by atoms with Gasteiger partial charge in [0.25, 0.3) is 5.17 Å². The number of halogens is 2. The predicted molar refractivity (Wildman–Crippen MR) is 106 cm³/mol. The van der Waals surface area contributed by atoms with Crippen molar-refractivity contribution in [1.82, 2.24) is 14.5 Å². The van der Waals surface area contributed by atoms with E-state index in [-0.39, 0.29) is 5.17 Å². The average molecular weight is 423 g/mol. The van der Waals surface area contributed by atoms with Gasteiger partial charge in [-0.1, -0.05) is 6.07 Å². The number of nitrogens with zero attached hydrogens (tertiary/aromatic N) is 3. The van der Waals surface area contributed by atoms with E-state index in [1.807, 2.05) is 0 Å². The van der Waals surface area contributed by atoms with Crippen LogP contribution in [-0.4, -0.2) is 43.9 Å². The highest BCUT2D eigenvalue weighted by atomic mass is 32.1. The standard InChI is InChI=1S/C20H23F2N3O3S/c1-20(2,3)28-18(26)25-9-4-5-16(25)17(13-6-7-14(21)15(22)11-13)27-19(29)24-10-8-23-12-24/h6-8,10-12,16-17H,4-5,9H2,1-3H3/t16-,17?/m0/s1. The molecule has 0 saturated carbocycles. The monoisotopic (exact) mass is 423 g/mol. The lowest BCUT2D eigenvalue weighted by molar-refractivity contribution is 0.00705. The maximum Gasteiger partial charge on any atom is 0.410 e. The summed E-state index contributed by atoms with van der Waals surface area (Å²) in [6, 6.07) is 3.10. The molecule has 1 aliphatic rings. The number of carbonyl (C=O) groups is 1. The highest BCUT2D eigenvalue weighted by Gasteiger charge is 2.39. The number of aromatic nitrogens is 2. The smallest absolute Gasteiger partial charge is 0.410 e. The van der Waals surface area contributed by atoms with Crippen molar-refractivity contribution in [1.29, 1.82) is 0 Å². The highest BCUT2D eigenvalue weighted by molar-refractivity contribution is 7.80. The van der Waals surface area contributed by atoms with Crippen LogP contribution in [0.2, 0.25) is 0 Å². The number of benzene rings is 1. The summed E-state index contributed by atoms with van der Waals surface area (Å²) in [6.07, 6.45) is 4.70. The van der Waals surface area contributed by atoms with Gasteiger partial charge < -0.3 is 14.4 Å². The van der Waals surface area contributed by atoms with Crippen molar-refractivity contribution in [3.63, 3.8) is 0 Å². The number of likely N-dealkylation sites (tertiary alicyclic amines) is 1. The molecule has 0 spiro atoms. The second-order valence-corrected chi connectivity index (χ2v) is 8.18. The molecule has 3 rings (SSSR count). The quantitative estimate of drug-likeness (QED) is 0.683. The van der Waals surface area contributed by atoms with Crippen molar-refractivity contribution >= 4 is 23.5 Å². The number of imidazole rings is 1. The Bertz CT molecular complexity index is 884. The lowest BCUT2D eigenvalue weighted by Gasteiger charge is -2.33. The van der Waals surface area contributed by atoms with Gasteiger partial charge in [0, 0.05) is 18.9 Å². The fourth-order valence-electron chi connectivity index (χ4n) is 3.25. The predicted octanol–water partition coefficient (Wildman–Crippen LogP) is 4.45. The van der Waals surface area contributed by atoms with E-state index in [0.29, 0.717) is 18.5 Å². The molecule has 9 heteroatoms. The van der Waals surface area contributed by atoms with Gasteiger partial charge in [0.1, 0.15) is 18.0 Å². The number of rotatable bonds is 3.